The van der Waals surface area contributed by atoms with Gasteiger partial charge in [-0.1, -0.05) is 48.1 Å². The Kier molecular flexibility index (Phi) is 7.64. The molecule has 0 saturated carbocycles. The number of nitrogens with zero attached hydrogens (tertiary/aromatic N) is 3. The van der Waals surface area contributed by atoms with E-state index in [-0.39, 0.29) is 12.1 Å². The number of piperidine rings is 1. The summed E-state index contributed by atoms with van der Waals surface area (Å²) in [4.78, 5) is 19.5. The molecule has 1 aliphatic heterocycles. The van der Waals surface area contributed by atoms with Crippen LogP contribution in [0.2, 0.25) is 5.02 Å². The summed E-state index contributed by atoms with van der Waals surface area (Å²) in [5, 5.41) is 12.1. The van der Waals surface area contributed by atoms with E-state index in [9.17, 15) is 9.90 Å². The number of rotatable bonds is 8. The zero-order valence-corrected chi connectivity index (χ0v) is 18.3. The highest BCUT2D eigenvalue weighted by Gasteiger charge is 2.33. The van der Waals surface area contributed by atoms with Crippen LogP contribution in [0.1, 0.15) is 32.6 Å². The van der Waals surface area contributed by atoms with Crippen LogP contribution in [0.25, 0.3) is 10.9 Å². The minimum Gasteiger partial charge on any atom is -0.388 e. The van der Waals surface area contributed by atoms with Gasteiger partial charge in [0.05, 0.1) is 29.4 Å². The van der Waals surface area contributed by atoms with Gasteiger partial charge in [0.1, 0.15) is 0 Å². The minimum atomic E-state index is -0.888. The normalized spacial score (nSPS) is 17.3. The van der Waals surface area contributed by atoms with Crippen molar-refractivity contribution in [1.29, 1.82) is 0 Å². The molecule has 1 N–H and O–H groups in total. The van der Waals surface area contributed by atoms with Crippen molar-refractivity contribution >= 4 is 22.5 Å². The molecule has 0 amide bonds. The molecule has 2 heterocycles. The molecule has 1 fully saturated rings. The molecule has 0 radical (unpaired) electrons. The Balaban J connectivity index is 1.52. The zero-order chi connectivity index (χ0) is 21.6. The molecular formula is C24H30ClN3O2. The van der Waals surface area contributed by atoms with Crippen molar-refractivity contribution < 1.29 is 5.11 Å². The van der Waals surface area contributed by atoms with E-state index in [1.807, 2.05) is 25.2 Å². The molecule has 2 aromatic rings. The minimum absolute atomic E-state index is 0.142. The second-order valence-electron chi connectivity index (χ2n) is 8.05. The van der Waals surface area contributed by atoms with Crippen molar-refractivity contribution in [3.8, 4) is 0 Å². The van der Waals surface area contributed by atoms with Crippen LogP contribution in [0.15, 0.2) is 65.8 Å². The molecule has 0 unspecified atom stereocenters. The molecule has 0 aliphatic carbocycles. The van der Waals surface area contributed by atoms with Crippen LogP contribution in [0.3, 0.4) is 0 Å². The van der Waals surface area contributed by atoms with E-state index >= 15 is 0 Å². The number of hydrogen-bond acceptors (Lipinski definition) is 4. The molecule has 6 heteroatoms. The molecule has 0 spiro atoms. The smallest absolute Gasteiger partial charge is 0.261 e. The van der Waals surface area contributed by atoms with Gasteiger partial charge in [0, 0.05) is 18.1 Å². The van der Waals surface area contributed by atoms with Crippen molar-refractivity contribution in [3.63, 3.8) is 0 Å². The monoisotopic (exact) mass is 427 g/mol. The summed E-state index contributed by atoms with van der Waals surface area (Å²) in [6, 6.07) is 5.06. The summed E-state index contributed by atoms with van der Waals surface area (Å²) in [5.74, 6) is 0. The molecule has 160 valence electrons. The molecule has 0 bridgehead atoms. The van der Waals surface area contributed by atoms with Crippen molar-refractivity contribution in [2.24, 2.45) is 0 Å². The highest BCUT2D eigenvalue weighted by Crippen LogP contribution is 2.24. The third-order valence-electron chi connectivity index (χ3n) is 5.65. The highest BCUT2D eigenvalue weighted by atomic mass is 35.5. The molecule has 1 saturated heterocycles. The van der Waals surface area contributed by atoms with Crippen LogP contribution in [-0.2, 0) is 6.54 Å². The number of aliphatic hydroxyl groups is 1. The Labute approximate surface area is 183 Å². The molecule has 30 heavy (non-hydrogen) atoms. The highest BCUT2D eigenvalue weighted by molar-refractivity contribution is 6.31. The quantitative estimate of drug-likeness (QED) is 0.636. The van der Waals surface area contributed by atoms with Crippen LogP contribution >= 0.6 is 11.6 Å². The van der Waals surface area contributed by atoms with E-state index in [4.69, 9.17) is 11.6 Å². The standard InChI is InChI=1S/C24H30ClN3O2/c1-3-4-5-7-19(2)8-6-13-27-14-11-24(30,12-15-27)17-28-18-26-22-16-20(25)9-10-21(22)23(28)29/h3-5,7,9-10,16,18,30H,2,6,8,11-15,17H2,1H3/b4-3-,7-5-. The summed E-state index contributed by atoms with van der Waals surface area (Å²) in [5.41, 5.74) is 0.678. The van der Waals surface area contributed by atoms with Gasteiger partial charge in [-0.25, -0.2) is 4.98 Å². The lowest BCUT2D eigenvalue weighted by Crippen LogP contribution is -2.48. The zero-order valence-electron chi connectivity index (χ0n) is 17.6. The fraction of sp³-hybridized carbons (Fsp3) is 0.417. The summed E-state index contributed by atoms with van der Waals surface area (Å²) in [7, 11) is 0. The number of allylic oxidation sites excluding steroid dienone is 5. The number of likely N-dealkylation sites (tertiary alicyclic amines) is 1. The van der Waals surface area contributed by atoms with Gasteiger partial charge in [-0.15, -0.1) is 0 Å². The van der Waals surface area contributed by atoms with Gasteiger partial charge in [-0.05, 0) is 57.4 Å². The van der Waals surface area contributed by atoms with E-state index in [1.54, 1.807) is 18.2 Å². The molecule has 5 nitrogen and oxygen atoms in total. The summed E-state index contributed by atoms with van der Waals surface area (Å²) < 4.78 is 1.52. The Morgan fingerprint density at radius 2 is 2.10 bits per heavy atom. The maximum absolute atomic E-state index is 12.8. The Morgan fingerprint density at radius 3 is 2.83 bits per heavy atom. The van der Waals surface area contributed by atoms with Crippen LogP contribution in [0.4, 0.5) is 0 Å². The van der Waals surface area contributed by atoms with E-state index in [0.29, 0.717) is 28.8 Å². The second kappa shape index (κ2) is 10.2. The predicted molar refractivity (Wildman–Crippen MR) is 124 cm³/mol. The first kappa shape index (κ1) is 22.5. The average molecular weight is 428 g/mol. The van der Waals surface area contributed by atoms with Gasteiger partial charge in [-0.3, -0.25) is 9.36 Å². The maximum Gasteiger partial charge on any atom is 0.261 e. The maximum atomic E-state index is 12.8. The SMILES string of the molecule is C=C(/C=C\C=C/C)CCCN1CCC(O)(Cn2cnc3cc(Cl)ccc3c2=O)CC1. The Hall–Kier alpha value is -2.21. The Morgan fingerprint density at radius 1 is 1.33 bits per heavy atom. The van der Waals surface area contributed by atoms with Crippen molar-refractivity contribution in [2.45, 2.75) is 44.8 Å². The van der Waals surface area contributed by atoms with Gasteiger partial charge in [-0.2, -0.15) is 0 Å². The van der Waals surface area contributed by atoms with Gasteiger partial charge >= 0.3 is 0 Å². The number of hydrogen-bond donors (Lipinski definition) is 1. The Bertz CT molecular complexity index is 1000. The fourth-order valence-electron chi connectivity index (χ4n) is 3.83. The topological polar surface area (TPSA) is 58.4 Å². The lowest BCUT2D eigenvalue weighted by atomic mass is 9.91. The third kappa shape index (κ3) is 5.91. The predicted octanol–water partition coefficient (Wildman–Crippen LogP) is 4.35. The number of benzene rings is 1. The van der Waals surface area contributed by atoms with Gasteiger partial charge in [0.25, 0.3) is 5.56 Å². The first-order valence-electron chi connectivity index (χ1n) is 10.5. The molecule has 1 aromatic carbocycles. The lowest BCUT2D eigenvalue weighted by molar-refractivity contribution is -0.0348. The van der Waals surface area contributed by atoms with Gasteiger partial charge in [0.2, 0.25) is 0 Å². The van der Waals surface area contributed by atoms with E-state index < -0.39 is 5.60 Å². The number of fused-ring (bicyclic) bond motifs is 1. The summed E-state index contributed by atoms with van der Waals surface area (Å²) >= 11 is 5.98. The summed E-state index contributed by atoms with van der Waals surface area (Å²) in [6.45, 7) is 8.98. The lowest BCUT2D eigenvalue weighted by Gasteiger charge is -2.38. The van der Waals surface area contributed by atoms with Crippen molar-refractivity contribution in [2.75, 3.05) is 19.6 Å². The van der Waals surface area contributed by atoms with Crippen molar-refractivity contribution in [3.05, 3.63) is 76.4 Å². The van der Waals surface area contributed by atoms with Gasteiger partial charge < -0.3 is 10.0 Å². The van der Waals surface area contributed by atoms with Crippen molar-refractivity contribution in [1.82, 2.24) is 14.5 Å². The van der Waals surface area contributed by atoms with Crippen LogP contribution < -0.4 is 5.56 Å². The fourth-order valence-corrected chi connectivity index (χ4v) is 3.99. The average Bonchev–Trinajstić information content (AvgIpc) is 2.72. The van der Waals surface area contributed by atoms with E-state index in [1.165, 1.54) is 10.9 Å². The number of aromatic nitrogens is 2. The second-order valence-corrected chi connectivity index (χ2v) is 8.49. The third-order valence-corrected chi connectivity index (χ3v) is 5.88. The van der Waals surface area contributed by atoms with E-state index in [0.717, 1.165) is 38.0 Å². The molecule has 1 aliphatic rings. The first-order chi connectivity index (χ1) is 14.4. The number of halogens is 1. The summed E-state index contributed by atoms with van der Waals surface area (Å²) in [6.07, 6.45) is 12.9. The van der Waals surface area contributed by atoms with Crippen LogP contribution in [-0.4, -0.2) is 44.8 Å². The first-order valence-corrected chi connectivity index (χ1v) is 10.8. The molecule has 3 rings (SSSR count). The largest absolute Gasteiger partial charge is 0.388 e. The van der Waals surface area contributed by atoms with Crippen LogP contribution in [0.5, 0.6) is 0 Å². The molecule has 0 atom stereocenters. The molecule has 1 aromatic heterocycles. The van der Waals surface area contributed by atoms with Crippen LogP contribution in [0, 0.1) is 0 Å². The van der Waals surface area contributed by atoms with Gasteiger partial charge in [0.15, 0.2) is 0 Å². The molecular weight excluding hydrogens is 398 g/mol. The van der Waals surface area contributed by atoms with E-state index in [2.05, 4.69) is 22.5 Å².